The molecule has 0 amide bonds. The average molecular weight is 405 g/mol. The van der Waals surface area contributed by atoms with E-state index in [0.717, 1.165) is 57.8 Å². The van der Waals surface area contributed by atoms with Gasteiger partial charge in [-0.2, -0.15) is 0 Å². The van der Waals surface area contributed by atoms with Crippen LogP contribution in [0.25, 0.3) is 0 Å². The summed E-state index contributed by atoms with van der Waals surface area (Å²) < 4.78 is 11.8. The van der Waals surface area contributed by atoms with Crippen molar-refractivity contribution in [3.63, 3.8) is 0 Å². The fourth-order valence-corrected chi connectivity index (χ4v) is 6.61. The maximum Gasteiger partial charge on any atom is 0.312 e. The van der Waals surface area contributed by atoms with E-state index in [1.807, 2.05) is 0 Å². The lowest BCUT2D eigenvalue weighted by molar-refractivity contribution is -0.300. The molecular formula is C22H29O7-. The van der Waals surface area contributed by atoms with Gasteiger partial charge in [-0.1, -0.05) is 6.42 Å². The largest absolute Gasteiger partial charge is 0.542 e. The lowest BCUT2D eigenvalue weighted by Gasteiger charge is -2.60. The molecule has 0 radical (unpaired) electrons. The highest BCUT2D eigenvalue weighted by atomic mass is 16.6. The third kappa shape index (κ3) is 4.19. The molecule has 7 heteroatoms. The minimum Gasteiger partial charge on any atom is -0.542 e. The molecule has 0 spiro atoms. The number of esters is 2. The van der Waals surface area contributed by atoms with Crippen molar-refractivity contribution in [2.45, 2.75) is 95.2 Å². The SMILES string of the molecule is O=C(CCC(=O)C(=O)[O-])OC12CC3CC(C1)CC(C(=O)OC1CCCCC1)(C3)C2. The van der Waals surface area contributed by atoms with Gasteiger partial charge in [0.25, 0.3) is 0 Å². The van der Waals surface area contributed by atoms with Gasteiger partial charge < -0.3 is 19.4 Å². The second-order valence-electron chi connectivity index (χ2n) is 9.77. The van der Waals surface area contributed by atoms with Gasteiger partial charge >= 0.3 is 11.9 Å². The molecule has 160 valence electrons. The van der Waals surface area contributed by atoms with E-state index in [4.69, 9.17) is 9.47 Å². The Bertz CT molecular complexity index is 692. The number of carboxylic acid groups (broad SMARTS) is 1. The molecule has 0 aliphatic heterocycles. The Kier molecular flexibility index (Phi) is 5.42. The van der Waals surface area contributed by atoms with E-state index in [-0.39, 0.29) is 18.5 Å². The second kappa shape index (κ2) is 7.73. The van der Waals surface area contributed by atoms with Crippen LogP contribution in [0, 0.1) is 17.3 Å². The normalized spacial score (nSPS) is 35.9. The lowest BCUT2D eigenvalue weighted by Crippen LogP contribution is -2.60. The number of Topliss-reactive ketones (excluding diaryl/α,β-unsaturated/α-hetero) is 1. The van der Waals surface area contributed by atoms with Crippen LogP contribution in [-0.4, -0.2) is 35.4 Å². The molecule has 7 nitrogen and oxygen atoms in total. The molecule has 5 fully saturated rings. The zero-order valence-corrected chi connectivity index (χ0v) is 16.8. The van der Waals surface area contributed by atoms with Crippen LogP contribution < -0.4 is 5.11 Å². The Balaban J connectivity index is 1.42. The van der Waals surface area contributed by atoms with E-state index in [9.17, 15) is 24.3 Å². The van der Waals surface area contributed by atoms with Gasteiger partial charge in [0.05, 0.1) is 11.8 Å². The molecule has 0 heterocycles. The number of hydrogen-bond acceptors (Lipinski definition) is 7. The molecule has 5 rings (SSSR count). The lowest BCUT2D eigenvalue weighted by atomic mass is 9.48. The van der Waals surface area contributed by atoms with E-state index < -0.39 is 35.2 Å². The molecule has 5 aliphatic carbocycles. The van der Waals surface area contributed by atoms with Crippen LogP contribution in [0.15, 0.2) is 0 Å². The number of rotatable bonds is 7. The molecule has 0 saturated heterocycles. The molecule has 2 unspecified atom stereocenters. The summed E-state index contributed by atoms with van der Waals surface area (Å²) in [5, 5.41) is 10.5. The third-order valence-corrected chi connectivity index (χ3v) is 7.38. The monoisotopic (exact) mass is 405 g/mol. The molecule has 2 atom stereocenters. The van der Waals surface area contributed by atoms with Gasteiger partial charge in [-0.05, 0) is 69.6 Å². The molecular weight excluding hydrogens is 376 g/mol. The number of aliphatic carboxylic acids is 1. The van der Waals surface area contributed by atoms with Crippen LogP contribution in [0.2, 0.25) is 0 Å². The van der Waals surface area contributed by atoms with Gasteiger partial charge in [0.2, 0.25) is 0 Å². The number of hydrogen-bond donors (Lipinski definition) is 0. The van der Waals surface area contributed by atoms with Gasteiger partial charge in [0.15, 0.2) is 5.78 Å². The molecule has 5 aliphatic rings. The number of ether oxygens (including phenoxy) is 2. The Morgan fingerprint density at radius 1 is 0.897 bits per heavy atom. The summed E-state index contributed by atoms with van der Waals surface area (Å²) in [6.45, 7) is 0. The second-order valence-corrected chi connectivity index (χ2v) is 9.77. The zero-order valence-electron chi connectivity index (χ0n) is 16.8. The van der Waals surface area contributed by atoms with Crippen molar-refractivity contribution in [1.82, 2.24) is 0 Å². The highest BCUT2D eigenvalue weighted by molar-refractivity contribution is 6.31. The first-order valence-corrected chi connectivity index (χ1v) is 11.0. The van der Waals surface area contributed by atoms with E-state index in [1.165, 1.54) is 6.42 Å². The molecule has 4 bridgehead atoms. The number of carbonyl (C=O) groups excluding carboxylic acids is 4. The van der Waals surface area contributed by atoms with Crippen LogP contribution in [0.4, 0.5) is 0 Å². The summed E-state index contributed by atoms with van der Waals surface area (Å²) in [4.78, 5) is 47.3. The first-order chi connectivity index (χ1) is 13.8. The topological polar surface area (TPSA) is 110 Å². The minimum absolute atomic E-state index is 0.0124. The van der Waals surface area contributed by atoms with Crippen molar-refractivity contribution in [2.75, 3.05) is 0 Å². The molecule has 5 saturated carbocycles. The Morgan fingerprint density at radius 3 is 2.17 bits per heavy atom. The maximum absolute atomic E-state index is 13.2. The van der Waals surface area contributed by atoms with Gasteiger partial charge in [-0.15, -0.1) is 0 Å². The van der Waals surface area contributed by atoms with E-state index in [1.54, 1.807) is 0 Å². The Labute approximate surface area is 170 Å². The van der Waals surface area contributed by atoms with Crippen LogP contribution in [-0.2, 0) is 28.7 Å². The highest BCUT2D eigenvalue weighted by Gasteiger charge is 2.63. The van der Waals surface area contributed by atoms with Gasteiger partial charge in [-0.25, -0.2) is 0 Å². The van der Waals surface area contributed by atoms with Crippen molar-refractivity contribution < 1.29 is 33.8 Å². The molecule has 0 aromatic carbocycles. The summed E-state index contributed by atoms with van der Waals surface area (Å²) in [7, 11) is 0. The van der Waals surface area contributed by atoms with E-state index in [2.05, 4.69) is 0 Å². The summed E-state index contributed by atoms with van der Waals surface area (Å²) in [5.74, 6) is -2.89. The van der Waals surface area contributed by atoms with Crippen molar-refractivity contribution in [2.24, 2.45) is 17.3 Å². The van der Waals surface area contributed by atoms with Crippen LogP contribution in [0.3, 0.4) is 0 Å². The standard InChI is InChI=1S/C22H30O7/c23-17(19(25)26)6-7-18(24)29-22-11-14-8-15(12-22)10-21(9-14,13-22)20(27)28-16-4-2-1-3-5-16/h14-16H,1-13H2,(H,25,26)/p-1. The van der Waals surface area contributed by atoms with Gasteiger partial charge in [0, 0.05) is 12.8 Å². The number of ketones is 1. The maximum atomic E-state index is 13.2. The number of carbonyl (C=O) groups is 4. The molecule has 29 heavy (non-hydrogen) atoms. The zero-order chi connectivity index (χ0) is 20.6. The Hall–Kier alpha value is -1.92. The highest BCUT2D eigenvalue weighted by Crippen LogP contribution is 2.63. The molecule has 0 N–H and O–H groups in total. The van der Waals surface area contributed by atoms with Crippen LogP contribution in [0.5, 0.6) is 0 Å². The first-order valence-electron chi connectivity index (χ1n) is 11.0. The van der Waals surface area contributed by atoms with Gasteiger partial charge in [0.1, 0.15) is 17.7 Å². The summed E-state index contributed by atoms with van der Waals surface area (Å²) >= 11 is 0. The van der Waals surface area contributed by atoms with E-state index in [0.29, 0.717) is 18.3 Å². The third-order valence-electron chi connectivity index (χ3n) is 7.38. The smallest absolute Gasteiger partial charge is 0.312 e. The van der Waals surface area contributed by atoms with Crippen LogP contribution >= 0.6 is 0 Å². The van der Waals surface area contributed by atoms with E-state index >= 15 is 0 Å². The predicted molar refractivity (Wildman–Crippen MR) is 98.2 cm³/mol. The molecule has 0 aromatic rings. The van der Waals surface area contributed by atoms with Crippen molar-refractivity contribution in [3.05, 3.63) is 0 Å². The van der Waals surface area contributed by atoms with Gasteiger partial charge in [-0.3, -0.25) is 14.4 Å². The summed E-state index contributed by atoms with van der Waals surface area (Å²) in [6.07, 6.45) is 9.20. The minimum atomic E-state index is -1.78. The van der Waals surface area contributed by atoms with Crippen molar-refractivity contribution in [1.29, 1.82) is 0 Å². The number of carboxylic acids is 1. The van der Waals surface area contributed by atoms with Crippen molar-refractivity contribution >= 4 is 23.7 Å². The van der Waals surface area contributed by atoms with Crippen molar-refractivity contribution in [3.8, 4) is 0 Å². The first kappa shape index (κ1) is 20.4. The predicted octanol–water partition coefficient (Wildman–Crippen LogP) is 1.84. The average Bonchev–Trinajstić information content (AvgIpc) is 2.65. The quantitative estimate of drug-likeness (QED) is 0.469. The molecule has 0 aromatic heterocycles. The summed E-state index contributed by atoms with van der Waals surface area (Å²) in [6, 6.07) is 0. The Morgan fingerprint density at radius 2 is 1.55 bits per heavy atom. The summed E-state index contributed by atoms with van der Waals surface area (Å²) in [5.41, 5.74) is -1.25. The van der Waals surface area contributed by atoms with Crippen LogP contribution in [0.1, 0.15) is 83.5 Å². The fraction of sp³-hybridized carbons (Fsp3) is 0.818. The fourth-order valence-electron chi connectivity index (χ4n) is 6.61.